The molecule has 0 aromatic heterocycles. The molecular formula is C14H15NS. The molecule has 2 rings (SSSR count). The highest BCUT2D eigenvalue weighted by molar-refractivity contribution is 7.98. The predicted octanol–water partition coefficient (Wildman–Crippen LogP) is 3.97. The van der Waals surface area contributed by atoms with Crippen molar-refractivity contribution < 1.29 is 0 Å². The van der Waals surface area contributed by atoms with Gasteiger partial charge in [0.1, 0.15) is 0 Å². The average Bonchev–Trinajstić information content (AvgIpc) is 2.31. The molecule has 1 nitrogen and oxygen atoms in total. The van der Waals surface area contributed by atoms with Crippen LogP contribution in [-0.4, -0.2) is 6.26 Å². The van der Waals surface area contributed by atoms with E-state index in [9.17, 15) is 0 Å². The number of hydrogen-bond acceptors (Lipinski definition) is 2. The molecule has 0 bridgehead atoms. The third kappa shape index (κ3) is 2.22. The Morgan fingerprint density at radius 3 is 2.19 bits per heavy atom. The molecule has 0 fully saturated rings. The van der Waals surface area contributed by atoms with E-state index in [1.165, 1.54) is 16.7 Å². The van der Waals surface area contributed by atoms with Gasteiger partial charge in [-0.15, -0.1) is 11.8 Å². The van der Waals surface area contributed by atoms with E-state index in [1.54, 1.807) is 11.8 Å². The first-order valence-electron chi connectivity index (χ1n) is 5.21. The number of anilines is 1. The molecule has 2 aromatic rings. The normalized spacial score (nSPS) is 10.4. The van der Waals surface area contributed by atoms with Gasteiger partial charge in [-0.1, -0.05) is 35.9 Å². The Bertz CT molecular complexity index is 489. The SMILES string of the molecule is CSc1cc(-c2ccc(C)cc2)ccc1N. The summed E-state index contributed by atoms with van der Waals surface area (Å²) in [6.07, 6.45) is 2.05. The summed E-state index contributed by atoms with van der Waals surface area (Å²) < 4.78 is 0. The molecule has 0 aliphatic rings. The summed E-state index contributed by atoms with van der Waals surface area (Å²) in [7, 11) is 0. The van der Waals surface area contributed by atoms with E-state index in [0.717, 1.165) is 10.6 Å². The van der Waals surface area contributed by atoms with Crippen LogP contribution in [0.3, 0.4) is 0 Å². The van der Waals surface area contributed by atoms with Crippen molar-refractivity contribution in [3.05, 3.63) is 48.0 Å². The van der Waals surface area contributed by atoms with Gasteiger partial charge in [-0.05, 0) is 36.4 Å². The summed E-state index contributed by atoms with van der Waals surface area (Å²) >= 11 is 1.68. The fraction of sp³-hybridized carbons (Fsp3) is 0.143. The standard InChI is InChI=1S/C14H15NS/c1-10-3-5-11(6-4-10)12-7-8-13(15)14(9-12)16-2/h3-9H,15H2,1-2H3. The lowest BCUT2D eigenvalue weighted by atomic mass is 10.0. The van der Waals surface area contributed by atoms with Crippen LogP contribution in [0.15, 0.2) is 47.4 Å². The number of thioether (sulfide) groups is 1. The number of benzene rings is 2. The van der Waals surface area contributed by atoms with Gasteiger partial charge in [0.15, 0.2) is 0 Å². The van der Waals surface area contributed by atoms with Gasteiger partial charge < -0.3 is 5.73 Å². The molecular weight excluding hydrogens is 214 g/mol. The molecule has 2 aromatic carbocycles. The number of hydrogen-bond donors (Lipinski definition) is 1. The van der Waals surface area contributed by atoms with Crippen molar-refractivity contribution in [3.63, 3.8) is 0 Å². The van der Waals surface area contributed by atoms with Crippen molar-refractivity contribution in [1.29, 1.82) is 0 Å². The lowest BCUT2D eigenvalue weighted by molar-refractivity contribution is 1.43. The van der Waals surface area contributed by atoms with Gasteiger partial charge >= 0.3 is 0 Å². The monoisotopic (exact) mass is 229 g/mol. The van der Waals surface area contributed by atoms with Crippen molar-refractivity contribution in [2.24, 2.45) is 0 Å². The first-order valence-corrected chi connectivity index (χ1v) is 6.44. The van der Waals surface area contributed by atoms with E-state index in [-0.39, 0.29) is 0 Å². The molecule has 0 heterocycles. The van der Waals surface area contributed by atoms with Crippen LogP contribution in [-0.2, 0) is 0 Å². The van der Waals surface area contributed by atoms with Crippen LogP contribution in [0.25, 0.3) is 11.1 Å². The first kappa shape index (κ1) is 11.1. The quantitative estimate of drug-likeness (QED) is 0.623. The van der Waals surface area contributed by atoms with Gasteiger partial charge in [0.05, 0.1) is 0 Å². The Morgan fingerprint density at radius 2 is 1.56 bits per heavy atom. The lowest BCUT2D eigenvalue weighted by Gasteiger charge is -2.07. The lowest BCUT2D eigenvalue weighted by Crippen LogP contribution is -1.88. The van der Waals surface area contributed by atoms with Gasteiger partial charge in [0, 0.05) is 10.6 Å². The average molecular weight is 229 g/mol. The second kappa shape index (κ2) is 4.62. The minimum atomic E-state index is 0.850. The summed E-state index contributed by atoms with van der Waals surface area (Å²) in [4.78, 5) is 1.14. The van der Waals surface area contributed by atoms with E-state index in [1.807, 2.05) is 12.3 Å². The molecule has 0 saturated heterocycles. The van der Waals surface area contributed by atoms with E-state index >= 15 is 0 Å². The number of aryl methyl sites for hydroxylation is 1. The second-order valence-electron chi connectivity index (χ2n) is 3.82. The number of rotatable bonds is 2. The highest BCUT2D eigenvalue weighted by atomic mass is 32.2. The molecule has 82 valence electrons. The van der Waals surface area contributed by atoms with Crippen molar-refractivity contribution in [2.45, 2.75) is 11.8 Å². The summed E-state index contributed by atoms with van der Waals surface area (Å²) in [5.41, 5.74) is 10.5. The Hall–Kier alpha value is -1.41. The van der Waals surface area contributed by atoms with E-state index in [4.69, 9.17) is 5.73 Å². The highest BCUT2D eigenvalue weighted by Gasteiger charge is 2.01. The Kier molecular flexibility index (Phi) is 3.20. The Labute approximate surface area is 101 Å². The maximum Gasteiger partial charge on any atom is 0.0452 e. The summed E-state index contributed by atoms with van der Waals surface area (Å²) in [6, 6.07) is 14.7. The van der Waals surface area contributed by atoms with Crippen LogP contribution < -0.4 is 5.73 Å². The minimum Gasteiger partial charge on any atom is -0.398 e. The van der Waals surface area contributed by atoms with Crippen LogP contribution in [0, 0.1) is 6.92 Å². The maximum absolute atomic E-state index is 5.88. The van der Waals surface area contributed by atoms with Crippen molar-refractivity contribution in [3.8, 4) is 11.1 Å². The molecule has 0 saturated carbocycles. The van der Waals surface area contributed by atoms with Crippen LogP contribution in [0.5, 0.6) is 0 Å². The maximum atomic E-state index is 5.88. The van der Waals surface area contributed by atoms with Gasteiger partial charge in [-0.3, -0.25) is 0 Å². The van der Waals surface area contributed by atoms with Gasteiger partial charge in [0.2, 0.25) is 0 Å². The Morgan fingerprint density at radius 1 is 0.938 bits per heavy atom. The molecule has 2 N–H and O–H groups in total. The van der Waals surface area contributed by atoms with Crippen molar-refractivity contribution in [2.75, 3.05) is 12.0 Å². The zero-order valence-corrected chi connectivity index (χ0v) is 10.3. The molecule has 0 amide bonds. The number of nitrogen functional groups attached to an aromatic ring is 1. The van der Waals surface area contributed by atoms with Gasteiger partial charge in [-0.25, -0.2) is 0 Å². The van der Waals surface area contributed by atoms with E-state index in [2.05, 4.69) is 43.3 Å². The van der Waals surface area contributed by atoms with Crippen LogP contribution in [0.2, 0.25) is 0 Å². The third-order valence-electron chi connectivity index (χ3n) is 2.62. The van der Waals surface area contributed by atoms with E-state index in [0.29, 0.717) is 0 Å². The molecule has 2 heteroatoms. The zero-order chi connectivity index (χ0) is 11.5. The second-order valence-corrected chi connectivity index (χ2v) is 4.67. The van der Waals surface area contributed by atoms with Crippen molar-refractivity contribution in [1.82, 2.24) is 0 Å². The molecule has 0 aliphatic carbocycles. The summed E-state index contributed by atoms with van der Waals surface area (Å²) in [5.74, 6) is 0. The molecule has 0 atom stereocenters. The van der Waals surface area contributed by atoms with E-state index < -0.39 is 0 Å². The number of nitrogens with two attached hydrogens (primary N) is 1. The van der Waals surface area contributed by atoms with Crippen molar-refractivity contribution >= 4 is 17.4 Å². The third-order valence-corrected chi connectivity index (χ3v) is 3.41. The molecule has 0 unspecified atom stereocenters. The smallest absolute Gasteiger partial charge is 0.0452 e. The molecule has 16 heavy (non-hydrogen) atoms. The van der Waals surface area contributed by atoms with Crippen LogP contribution in [0.1, 0.15) is 5.56 Å². The largest absolute Gasteiger partial charge is 0.398 e. The van der Waals surface area contributed by atoms with Crippen LogP contribution >= 0.6 is 11.8 Å². The predicted molar refractivity (Wildman–Crippen MR) is 72.8 cm³/mol. The van der Waals surface area contributed by atoms with Gasteiger partial charge in [0.25, 0.3) is 0 Å². The highest BCUT2D eigenvalue weighted by Crippen LogP contribution is 2.29. The molecule has 0 spiro atoms. The summed E-state index contributed by atoms with van der Waals surface area (Å²) in [6.45, 7) is 2.10. The summed E-state index contributed by atoms with van der Waals surface area (Å²) in [5, 5.41) is 0. The zero-order valence-electron chi connectivity index (χ0n) is 9.53. The topological polar surface area (TPSA) is 26.0 Å². The minimum absolute atomic E-state index is 0.850. The fourth-order valence-corrected chi connectivity index (χ4v) is 2.19. The first-order chi connectivity index (χ1) is 7.70. The Balaban J connectivity index is 2.44. The molecule has 0 radical (unpaired) electrons. The fourth-order valence-electron chi connectivity index (χ4n) is 1.64. The van der Waals surface area contributed by atoms with Crippen LogP contribution in [0.4, 0.5) is 5.69 Å². The molecule has 0 aliphatic heterocycles. The van der Waals surface area contributed by atoms with Gasteiger partial charge in [-0.2, -0.15) is 0 Å².